The number of hydrogen-bond donors (Lipinski definition) is 0. The molecule has 0 N–H and O–H groups in total. The summed E-state index contributed by atoms with van der Waals surface area (Å²) in [5, 5.41) is 0. The predicted molar refractivity (Wildman–Crippen MR) is 57.3 cm³/mol. The normalized spacial score (nSPS) is 8.67. The average molecular weight is 204 g/mol. The molecule has 0 aliphatic heterocycles. The lowest BCUT2D eigenvalue weighted by Gasteiger charge is -2.08. The van der Waals surface area contributed by atoms with Crippen LogP contribution in [0, 0.1) is 11.8 Å². The summed E-state index contributed by atoms with van der Waals surface area (Å²) in [6, 6.07) is 4.99. The summed E-state index contributed by atoms with van der Waals surface area (Å²) in [7, 11) is 1.55. The minimum atomic E-state index is 0.287. The van der Waals surface area contributed by atoms with Crippen LogP contribution in [0.2, 0.25) is 0 Å². The van der Waals surface area contributed by atoms with Gasteiger partial charge in [-0.1, -0.05) is 5.92 Å². The molecule has 0 spiro atoms. The van der Waals surface area contributed by atoms with Crippen LogP contribution in [0.25, 0.3) is 0 Å². The van der Waals surface area contributed by atoms with E-state index < -0.39 is 0 Å². The van der Waals surface area contributed by atoms with Gasteiger partial charge in [-0.05, 0) is 25.1 Å². The Hall–Kier alpha value is -1.95. The Kier molecular flexibility index (Phi) is 4.24. The number of ether oxygens (including phenoxy) is 2. The van der Waals surface area contributed by atoms with Gasteiger partial charge in [-0.15, -0.1) is 5.92 Å². The highest BCUT2D eigenvalue weighted by Crippen LogP contribution is 2.27. The zero-order chi connectivity index (χ0) is 11.1. The highest BCUT2D eigenvalue weighted by molar-refractivity contribution is 5.76. The molecule has 0 aliphatic carbocycles. The summed E-state index contributed by atoms with van der Waals surface area (Å²) >= 11 is 0. The molecular formula is C12H12O3. The lowest BCUT2D eigenvalue weighted by atomic mass is 10.2. The maximum atomic E-state index is 10.6. The van der Waals surface area contributed by atoms with Gasteiger partial charge in [-0.25, -0.2) is 0 Å². The molecule has 0 fully saturated rings. The van der Waals surface area contributed by atoms with Crippen molar-refractivity contribution in [3.05, 3.63) is 23.8 Å². The fourth-order valence-corrected chi connectivity index (χ4v) is 1.07. The Balaban J connectivity index is 2.88. The van der Waals surface area contributed by atoms with Crippen molar-refractivity contribution in [1.82, 2.24) is 0 Å². The van der Waals surface area contributed by atoms with Crippen molar-refractivity contribution in [2.75, 3.05) is 13.7 Å². The second-order valence-corrected chi connectivity index (χ2v) is 2.74. The molecule has 0 aliphatic rings. The van der Waals surface area contributed by atoms with E-state index in [2.05, 4.69) is 11.8 Å². The Bertz CT molecular complexity index is 399. The first-order chi connectivity index (χ1) is 7.31. The van der Waals surface area contributed by atoms with Crippen LogP contribution in [0.1, 0.15) is 17.3 Å². The second kappa shape index (κ2) is 5.71. The van der Waals surface area contributed by atoms with Crippen LogP contribution in [0.5, 0.6) is 11.5 Å². The molecule has 1 aromatic rings. The van der Waals surface area contributed by atoms with Gasteiger partial charge in [0.25, 0.3) is 0 Å². The molecule has 0 bridgehead atoms. The summed E-state index contributed by atoms with van der Waals surface area (Å²) in [5.41, 5.74) is 0.551. The average Bonchev–Trinajstić information content (AvgIpc) is 2.29. The van der Waals surface area contributed by atoms with Crippen molar-refractivity contribution in [3.63, 3.8) is 0 Å². The van der Waals surface area contributed by atoms with Crippen molar-refractivity contribution >= 4 is 6.29 Å². The third-order valence-electron chi connectivity index (χ3n) is 1.80. The monoisotopic (exact) mass is 204 g/mol. The number of benzene rings is 1. The number of methoxy groups -OCH3 is 1. The van der Waals surface area contributed by atoms with E-state index in [4.69, 9.17) is 9.47 Å². The van der Waals surface area contributed by atoms with Crippen LogP contribution in [0.3, 0.4) is 0 Å². The van der Waals surface area contributed by atoms with E-state index in [0.29, 0.717) is 17.1 Å². The fourth-order valence-electron chi connectivity index (χ4n) is 1.07. The van der Waals surface area contributed by atoms with E-state index in [9.17, 15) is 4.79 Å². The maximum absolute atomic E-state index is 10.6. The first-order valence-corrected chi connectivity index (χ1v) is 4.47. The van der Waals surface area contributed by atoms with Gasteiger partial charge in [0.05, 0.1) is 7.11 Å². The van der Waals surface area contributed by atoms with E-state index in [1.165, 1.54) is 0 Å². The first kappa shape index (κ1) is 11.1. The summed E-state index contributed by atoms with van der Waals surface area (Å²) in [4.78, 5) is 10.6. The van der Waals surface area contributed by atoms with Crippen LogP contribution in [-0.2, 0) is 0 Å². The Labute approximate surface area is 89.0 Å². The molecule has 0 saturated carbocycles. The summed E-state index contributed by atoms with van der Waals surface area (Å²) in [6.07, 6.45) is 0.762. The smallest absolute Gasteiger partial charge is 0.163 e. The van der Waals surface area contributed by atoms with Gasteiger partial charge >= 0.3 is 0 Å². The highest BCUT2D eigenvalue weighted by atomic mass is 16.5. The molecular weight excluding hydrogens is 192 g/mol. The van der Waals surface area contributed by atoms with Crippen LogP contribution in [0.15, 0.2) is 18.2 Å². The van der Waals surface area contributed by atoms with Gasteiger partial charge < -0.3 is 9.47 Å². The van der Waals surface area contributed by atoms with Crippen LogP contribution < -0.4 is 9.47 Å². The quantitative estimate of drug-likeness (QED) is 0.555. The molecule has 0 atom stereocenters. The molecule has 0 heterocycles. The van der Waals surface area contributed by atoms with Crippen LogP contribution in [-0.4, -0.2) is 20.0 Å². The van der Waals surface area contributed by atoms with Crippen molar-refractivity contribution in [2.24, 2.45) is 0 Å². The van der Waals surface area contributed by atoms with Gasteiger partial charge in [-0.2, -0.15) is 0 Å². The lowest BCUT2D eigenvalue weighted by Crippen LogP contribution is -1.97. The van der Waals surface area contributed by atoms with Crippen molar-refractivity contribution in [2.45, 2.75) is 6.92 Å². The van der Waals surface area contributed by atoms with Gasteiger partial charge in [0.2, 0.25) is 0 Å². The lowest BCUT2D eigenvalue weighted by molar-refractivity contribution is 0.112. The second-order valence-electron chi connectivity index (χ2n) is 2.74. The topological polar surface area (TPSA) is 35.5 Å². The van der Waals surface area contributed by atoms with E-state index in [-0.39, 0.29) is 6.61 Å². The fraction of sp³-hybridized carbons (Fsp3) is 0.250. The summed E-state index contributed by atoms with van der Waals surface area (Å²) in [5.74, 6) is 6.62. The molecule has 78 valence electrons. The Morgan fingerprint density at radius 3 is 2.80 bits per heavy atom. The van der Waals surface area contributed by atoms with Crippen molar-refractivity contribution in [3.8, 4) is 23.3 Å². The summed E-state index contributed by atoms with van der Waals surface area (Å²) < 4.78 is 10.4. The summed E-state index contributed by atoms with van der Waals surface area (Å²) in [6.45, 7) is 2.03. The molecule has 1 rings (SSSR count). The standard InChI is InChI=1S/C12H12O3/c1-3-4-7-15-12-8-10(9-13)5-6-11(12)14-2/h5-6,8-9H,7H2,1-2H3. The molecule has 0 unspecified atom stereocenters. The SMILES string of the molecule is CC#CCOc1cc(C=O)ccc1OC. The van der Waals surface area contributed by atoms with E-state index in [1.807, 2.05) is 0 Å². The molecule has 15 heavy (non-hydrogen) atoms. The maximum Gasteiger partial charge on any atom is 0.163 e. The number of carbonyl (C=O) groups is 1. The van der Waals surface area contributed by atoms with E-state index >= 15 is 0 Å². The zero-order valence-corrected chi connectivity index (χ0v) is 8.74. The molecule has 1 aromatic carbocycles. The van der Waals surface area contributed by atoms with Crippen molar-refractivity contribution in [1.29, 1.82) is 0 Å². The predicted octanol–water partition coefficient (Wildman–Crippen LogP) is 1.91. The molecule has 0 amide bonds. The highest BCUT2D eigenvalue weighted by Gasteiger charge is 2.04. The minimum absolute atomic E-state index is 0.287. The zero-order valence-electron chi connectivity index (χ0n) is 8.74. The number of aldehydes is 1. The third-order valence-corrected chi connectivity index (χ3v) is 1.80. The van der Waals surface area contributed by atoms with Gasteiger partial charge in [0, 0.05) is 5.56 Å². The van der Waals surface area contributed by atoms with E-state index in [0.717, 1.165) is 6.29 Å². The van der Waals surface area contributed by atoms with Gasteiger partial charge in [0.1, 0.15) is 12.9 Å². The van der Waals surface area contributed by atoms with E-state index in [1.54, 1.807) is 32.2 Å². The molecule has 0 aromatic heterocycles. The number of carbonyl (C=O) groups excluding carboxylic acids is 1. The first-order valence-electron chi connectivity index (χ1n) is 4.47. The number of rotatable bonds is 4. The van der Waals surface area contributed by atoms with Gasteiger partial charge in [-0.3, -0.25) is 4.79 Å². The largest absolute Gasteiger partial charge is 0.493 e. The molecule has 0 saturated heterocycles. The third kappa shape index (κ3) is 3.03. The van der Waals surface area contributed by atoms with Gasteiger partial charge in [0.15, 0.2) is 11.5 Å². The molecule has 0 radical (unpaired) electrons. The van der Waals surface area contributed by atoms with Crippen LogP contribution >= 0.6 is 0 Å². The molecule has 3 nitrogen and oxygen atoms in total. The minimum Gasteiger partial charge on any atom is -0.493 e. The van der Waals surface area contributed by atoms with Crippen LogP contribution in [0.4, 0.5) is 0 Å². The molecule has 3 heteroatoms. The van der Waals surface area contributed by atoms with Crippen molar-refractivity contribution < 1.29 is 14.3 Å². The Morgan fingerprint density at radius 1 is 1.40 bits per heavy atom. The number of hydrogen-bond acceptors (Lipinski definition) is 3. The Morgan fingerprint density at radius 2 is 2.20 bits per heavy atom.